The van der Waals surface area contributed by atoms with Gasteiger partial charge in [-0.15, -0.1) is 0 Å². The number of rotatable bonds is 3. The van der Waals surface area contributed by atoms with Crippen molar-refractivity contribution >= 4 is 23.5 Å². The molecule has 0 spiro atoms. The van der Waals surface area contributed by atoms with E-state index in [2.05, 4.69) is 29.0 Å². The maximum absolute atomic E-state index is 14.7. The first kappa shape index (κ1) is 19.6. The van der Waals surface area contributed by atoms with Crippen LogP contribution in [0.15, 0.2) is 24.4 Å². The number of amides is 2. The second-order valence-corrected chi connectivity index (χ2v) is 8.15. The van der Waals surface area contributed by atoms with Gasteiger partial charge in [-0.05, 0) is 58.3 Å². The number of aromatic nitrogens is 2. The lowest BCUT2D eigenvalue weighted by Gasteiger charge is -2.43. The highest BCUT2D eigenvalue weighted by Crippen LogP contribution is 2.37. The van der Waals surface area contributed by atoms with Gasteiger partial charge < -0.3 is 10.6 Å². The van der Waals surface area contributed by atoms with Gasteiger partial charge >= 0.3 is 6.03 Å². The molecule has 0 saturated heterocycles. The fourth-order valence-electron chi connectivity index (χ4n) is 4.49. The number of halogens is 1. The van der Waals surface area contributed by atoms with Crippen molar-refractivity contribution in [1.29, 1.82) is 0 Å². The third kappa shape index (κ3) is 3.53. The van der Waals surface area contributed by atoms with E-state index in [9.17, 15) is 9.18 Å². The van der Waals surface area contributed by atoms with Crippen LogP contribution in [0.3, 0.4) is 0 Å². The number of anilines is 3. The summed E-state index contributed by atoms with van der Waals surface area (Å²) in [6.07, 6.45) is 5.36. The number of para-hydroxylation sites is 1. The quantitative estimate of drug-likeness (QED) is 0.858. The van der Waals surface area contributed by atoms with Crippen molar-refractivity contribution in [2.45, 2.75) is 51.2 Å². The highest BCUT2D eigenvalue weighted by Gasteiger charge is 2.40. The smallest absolute Gasteiger partial charge is 0.330 e. The summed E-state index contributed by atoms with van der Waals surface area (Å²) < 4.78 is 14.7. The zero-order chi connectivity index (χ0) is 20.7. The third-order valence-electron chi connectivity index (χ3n) is 6.07. The van der Waals surface area contributed by atoms with Crippen LogP contribution < -0.4 is 15.5 Å². The molecule has 2 amide bonds. The Labute approximate surface area is 170 Å². The largest absolute Gasteiger partial charge is 0.368 e. The van der Waals surface area contributed by atoms with Crippen LogP contribution >= 0.6 is 0 Å². The molecule has 2 heterocycles. The molecule has 4 rings (SSSR count). The second kappa shape index (κ2) is 7.59. The van der Waals surface area contributed by atoms with Crippen molar-refractivity contribution in [3.05, 3.63) is 41.3 Å². The van der Waals surface area contributed by atoms with E-state index in [1.54, 1.807) is 17.2 Å². The molecule has 2 aromatic rings. The Morgan fingerprint density at radius 1 is 1.21 bits per heavy atom. The van der Waals surface area contributed by atoms with Gasteiger partial charge in [0.25, 0.3) is 0 Å². The van der Waals surface area contributed by atoms with Gasteiger partial charge in [-0.1, -0.05) is 12.1 Å². The lowest BCUT2D eigenvalue weighted by atomic mass is 9.89. The van der Waals surface area contributed by atoms with Gasteiger partial charge in [-0.3, -0.25) is 9.80 Å². The summed E-state index contributed by atoms with van der Waals surface area (Å²) in [5.74, 6) is 0.287. The number of carbonyl (C=O) groups is 1. The van der Waals surface area contributed by atoms with E-state index in [4.69, 9.17) is 5.73 Å². The number of nitrogens with two attached hydrogens (primary N) is 1. The van der Waals surface area contributed by atoms with Crippen molar-refractivity contribution in [2.24, 2.45) is 0 Å². The molecule has 8 heteroatoms. The zero-order valence-corrected chi connectivity index (χ0v) is 17.1. The van der Waals surface area contributed by atoms with Crippen LogP contribution in [-0.2, 0) is 6.54 Å². The number of urea groups is 1. The summed E-state index contributed by atoms with van der Waals surface area (Å²) in [6, 6.07) is 5.11. The maximum Gasteiger partial charge on any atom is 0.330 e. The molecule has 0 atom stereocenters. The summed E-state index contributed by atoms with van der Waals surface area (Å²) in [5, 5.41) is 0. The summed E-state index contributed by atoms with van der Waals surface area (Å²) >= 11 is 0. The monoisotopic (exact) mass is 398 g/mol. The highest BCUT2D eigenvalue weighted by atomic mass is 19.1. The van der Waals surface area contributed by atoms with Crippen LogP contribution in [0.25, 0.3) is 0 Å². The predicted octanol–water partition coefficient (Wildman–Crippen LogP) is 3.33. The minimum atomic E-state index is -0.408. The number of aryl methyl sites for hydroxylation is 1. The normalized spacial score (nSPS) is 22.2. The summed E-state index contributed by atoms with van der Waals surface area (Å²) in [5.41, 5.74) is 7.64. The van der Waals surface area contributed by atoms with E-state index < -0.39 is 5.82 Å². The number of nitrogens with zero attached hydrogens (tertiary/aromatic N) is 5. The molecular formula is C21H27FN6O. The van der Waals surface area contributed by atoms with Crippen molar-refractivity contribution in [1.82, 2.24) is 14.9 Å². The van der Waals surface area contributed by atoms with Crippen LogP contribution in [0.1, 0.15) is 36.8 Å². The SMILES string of the molecule is Cc1cccc(F)c1N1Cc2cnc(N)nc2N([C@H]2CC[C@H](N(C)C)CC2)C1=O. The van der Waals surface area contributed by atoms with Crippen LogP contribution in [-0.4, -0.2) is 47.1 Å². The maximum atomic E-state index is 14.7. The molecule has 2 aliphatic rings. The van der Waals surface area contributed by atoms with Gasteiger partial charge in [0.1, 0.15) is 11.6 Å². The van der Waals surface area contributed by atoms with E-state index in [0.29, 0.717) is 17.5 Å². The van der Waals surface area contributed by atoms with Gasteiger partial charge in [0.05, 0.1) is 12.2 Å². The number of nitrogen functional groups attached to an aromatic ring is 1. The fourth-order valence-corrected chi connectivity index (χ4v) is 4.49. The van der Waals surface area contributed by atoms with Gasteiger partial charge in [-0.25, -0.2) is 14.2 Å². The predicted molar refractivity (Wildman–Crippen MR) is 111 cm³/mol. The Balaban J connectivity index is 1.73. The van der Waals surface area contributed by atoms with E-state index in [-0.39, 0.29) is 24.6 Å². The van der Waals surface area contributed by atoms with Crippen molar-refractivity contribution in [2.75, 3.05) is 29.6 Å². The standard InChI is InChI=1S/C21H27FN6O/c1-13-5-4-6-17(22)18(13)27-12-14-11-24-20(23)25-19(14)28(21(27)29)16-9-7-15(8-10-16)26(2)3/h4-6,11,15-16H,7-10,12H2,1-3H3,(H2,23,24,25)/t15-,16-. The number of benzene rings is 1. The highest BCUT2D eigenvalue weighted by molar-refractivity contribution is 6.06. The Kier molecular flexibility index (Phi) is 5.12. The molecule has 1 saturated carbocycles. The molecule has 1 aromatic heterocycles. The molecule has 1 fully saturated rings. The number of hydrogen-bond acceptors (Lipinski definition) is 5. The molecule has 0 unspecified atom stereocenters. The summed E-state index contributed by atoms with van der Waals surface area (Å²) in [6.45, 7) is 2.03. The summed E-state index contributed by atoms with van der Waals surface area (Å²) in [7, 11) is 4.17. The van der Waals surface area contributed by atoms with Crippen LogP contribution in [0.5, 0.6) is 0 Å². The average Bonchev–Trinajstić information content (AvgIpc) is 2.68. The molecule has 1 aromatic carbocycles. The fraction of sp³-hybridized carbons (Fsp3) is 0.476. The van der Waals surface area contributed by atoms with Crippen molar-refractivity contribution in [3.63, 3.8) is 0 Å². The van der Waals surface area contributed by atoms with E-state index in [1.807, 2.05) is 13.0 Å². The molecule has 29 heavy (non-hydrogen) atoms. The lowest BCUT2D eigenvalue weighted by molar-refractivity contribution is 0.208. The number of fused-ring (bicyclic) bond motifs is 1. The van der Waals surface area contributed by atoms with Gasteiger partial charge in [-0.2, -0.15) is 4.98 Å². The first-order chi connectivity index (χ1) is 13.9. The van der Waals surface area contributed by atoms with Crippen LogP contribution in [0.4, 0.5) is 26.6 Å². The molecule has 1 aliphatic heterocycles. The molecule has 2 N–H and O–H groups in total. The van der Waals surface area contributed by atoms with Gasteiger partial charge in [0.15, 0.2) is 0 Å². The van der Waals surface area contributed by atoms with Gasteiger partial charge in [0, 0.05) is 23.8 Å². The van der Waals surface area contributed by atoms with Crippen molar-refractivity contribution < 1.29 is 9.18 Å². The number of carbonyl (C=O) groups excluding carboxylic acids is 1. The molecule has 0 radical (unpaired) electrons. The van der Waals surface area contributed by atoms with Crippen LogP contribution in [0, 0.1) is 12.7 Å². The molecule has 7 nitrogen and oxygen atoms in total. The first-order valence-electron chi connectivity index (χ1n) is 10.0. The molecule has 0 bridgehead atoms. The average molecular weight is 398 g/mol. The van der Waals surface area contributed by atoms with E-state index >= 15 is 0 Å². The second-order valence-electron chi connectivity index (χ2n) is 8.15. The minimum absolute atomic E-state index is 0.00151. The third-order valence-corrected chi connectivity index (χ3v) is 6.07. The van der Waals surface area contributed by atoms with Crippen molar-refractivity contribution in [3.8, 4) is 0 Å². The molecule has 1 aliphatic carbocycles. The minimum Gasteiger partial charge on any atom is -0.368 e. The Morgan fingerprint density at radius 3 is 2.59 bits per heavy atom. The Hall–Kier alpha value is -2.74. The lowest BCUT2D eigenvalue weighted by Crippen LogP contribution is -2.54. The topological polar surface area (TPSA) is 78.6 Å². The zero-order valence-electron chi connectivity index (χ0n) is 17.1. The molecule has 154 valence electrons. The molecular weight excluding hydrogens is 371 g/mol. The Bertz CT molecular complexity index is 905. The van der Waals surface area contributed by atoms with E-state index in [0.717, 1.165) is 36.8 Å². The first-order valence-corrected chi connectivity index (χ1v) is 10.0. The van der Waals surface area contributed by atoms with E-state index in [1.165, 1.54) is 11.0 Å². The number of hydrogen-bond donors (Lipinski definition) is 1. The Morgan fingerprint density at radius 2 is 1.93 bits per heavy atom. The summed E-state index contributed by atoms with van der Waals surface area (Å²) in [4.78, 5) is 27.5. The van der Waals surface area contributed by atoms with Gasteiger partial charge in [0.2, 0.25) is 5.95 Å². The van der Waals surface area contributed by atoms with Crippen LogP contribution in [0.2, 0.25) is 0 Å².